The van der Waals surface area contributed by atoms with E-state index >= 15 is 0 Å². The quantitative estimate of drug-likeness (QED) is 0.443. The molecule has 3 N–H and O–H groups in total. The molecule has 0 aliphatic rings. The summed E-state index contributed by atoms with van der Waals surface area (Å²) in [5.41, 5.74) is 7.13. The maximum absolute atomic E-state index is 11.9. The van der Waals surface area contributed by atoms with Crippen molar-refractivity contribution in [3.63, 3.8) is 0 Å². The lowest BCUT2D eigenvalue weighted by molar-refractivity contribution is -0.113. The smallest absolute Gasteiger partial charge is 0.234 e. The van der Waals surface area contributed by atoms with Crippen LogP contribution >= 0.6 is 46.0 Å². The van der Waals surface area contributed by atoms with Gasteiger partial charge in [-0.3, -0.25) is 4.79 Å². The maximum Gasteiger partial charge on any atom is 0.234 e. The number of carbonyl (C=O) groups excluding carboxylic acids is 1. The van der Waals surface area contributed by atoms with E-state index in [0.717, 1.165) is 14.2 Å². The standard InChI is InChI=1S/C14H12ClIN2OS/c15-12-5-4-10(17)7-13(12)20-8-14(19)18-11-3-1-2-9(16)6-11/h1-7H,8,17H2,(H,18,19). The molecule has 20 heavy (non-hydrogen) atoms. The number of anilines is 2. The van der Waals surface area contributed by atoms with Crippen LogP contribution in [0.2, 0.25) is 5.02 Å². The first-order chi connectivity index (χ1) is 9.54. The van der Waals surface area contributed by atoms with Gasteiger partial charge in [-0.15, -0.1) is 11.8 Å². The van der Waals surface area contributed by atoms with Crippen LogP contribution in [0, 0.1) is 3.57 Å². The van der Waals surface area contributed by atoms with Gasteiger partial charge in [0.25, 0.3) is 0 Å². The zero-order valence-electron chi connectivity index (χ0n) is 10.4. The summed E-state index contributed by atoms with van der Waals surface area (Å²) in [7, 11) is 0. The van der Waals surface area contributed by atoms with Crippen LogP contribution < -0.4 is 11.1 Å². The fraction of sp³-hybridized carbons (Fsp3) is 0.0714. The molecule has 2 aromatic rings. The van der Waals surface area contributed by atoms with Crippen molar-refractivity contribution in [2.75, 3.05) is 16.8 Å². The normalized spacial score (nSPS) is 10.3. The summed E-state index contributed by atoms with van der Waals surface area (Å²) >= 11 is 9.62. The number of thioether (sulfide) groups is 1. The molecule has 0 aromatic heterocycles. The highest BCUT2D eigenvalue weighted by Gasteiger charge is 2.07. The predicted molar refractivity (Wildman–Crippen MR) is 94.4 cm³/mol. The van der Waals surface area contributed by atoms with Gasteiger partial charge >= 0.3 is 0 Å². The first kappa shape index (κ1) is 15.5. The van der Waals surface area contributed by atoms with Gasteiger partial charge in [0.1, 0.15) is 0 Å². The number of nitrogens with two attached hydrogens (primary N) is 1. The average Bonchev–Trinajstić information content (AvgIpc) is 2.40. The molecule has 0 spiro atoms. The Balaban J connectivity index is 1.94. The van der Waals surface area contributed by atoms with Crippen LogP contribution in [0.3, 0.4) is 0 Å². The monoisotopic (exact) mass is 418 g/mol. The van der Waals surface area contributed by atoms with Gasteiger partial charge in [-0.2, -0.15) is 0 Å². The van der Waals surface area contributed by atoms with Crippen LogP contribution in [-0.2, 0) is 4.79 Å². The summed E-state index contributed by atoms with van der Waals surface area (Å²) in [5.74, 6) is 0.213. The molecule has 0 radical (unpaired) electrons. The number of nitrogens with one attached hydrogen (secondary N) is 1. The summed E-state index contributed by atoms with van der Waals surface area (Å²) in [4.78, 5) is 12.7. The van der Waals surface area contributed by atoms with E-state index in [-0.39, 0.29) is 11.7 Å². The van der Waals surface area contributed by atoms with Crippen molar-refractivity contribution in [3.8, 4) is 0 Å². The number of nitrogen functional groups attached to an aromatic ring is 1. The second-order valence-corrected chi connectivity index (χ2v) is 6.71. The Bertz CT molecular complexity index is 636. The fourth-order valence-corrected chi connectivity index (χ4v) is 3.15. The van der Waals surface area contributed by atoms with Crippen molar-refractivity contribution in [1.82, 2.24) is 0 Å². The molecule has 0 aliphatic heterocycles. The first-order valence-corrected chi connectivity index (χ1v) is 8.22. The lowest BCUT2D eigenvalue weighted by Crippen LogP contribution is -2.14. The largest absolute Gasteiger partial charge is 0.399 e. The minimum atomic E-state index is -0.0736. The van der Waals surface area contributed by atoms with Crippen LogP contribution in [0.15, 0.2) is 47.4 Å². The van der Waals surface area contributed by atoms with Gasteiger partial charge in [0, 0.05) is 19.8 Å². The molecule has 104 valence electrons. The van der Waals surface area contributed by atoms with E-state index in [1.54, 1.807) is 18.2 Å². The van der Waals surface area contributed by atoms with E-state index in [2.05, 4.69) is 27.9 Å². The molecule has 0 bridgehead atoms. The van der Waals surface area contributed by atoms with Crippen LogP contribution in [0.1, 0.15) is 0 Å². The Kier molecular flexibility index (Phi) is 5.56. The molecule has 1 amide bonds. The molecule has 0 atom stereocenters. The Labute approximate surface area is 140 Å². The number of hydrogen-bond acceptors (Lipinski definition) is 3. The van der Waals surface area contributed by atoms with E-state index in [1.165, 1.54) is 11.8 Å². The Hall–Kier alpha value is -0.920. The molecule has 0 saturated heterocycles. The van der Waals surface area contributed by atoms with E-state index in [9.17, 15) is 4.79 Å². The summed E-state index contributed by atoms with van der Waals surface area (Å²) < 4.78 is 1.08. The molecule has 0 aliphatic carbocycles. The van der Waals surface area contributed by atoms with E-state index in [4.69, 9.17) is 17.3 Å². The van der Waals surface area contributed by atoms with Crippen LogP contribution in [0.4, 0.5) is 11.4 Å². The van der Waals surface area contributed by atoms with E-state index < -0.39 is 0 Å². The van der Waals surface area contributed by atoms with Crippen molar-refractivity contribution in [3.05, 3.63) is 51.1 Å². The lowest BCUT2D eigenvalue weighted by atomic mass is 10.3. The highest BCUT2D eigenvalue weighted by atomic mass is 127. The van der Waals surface area contributed by atoms with Gasteiger partial charge in [0.05, 0.1) is 10.8 Å². The molecule has 3 nitrogen and oxygen atoms in total. The molecule has 0 unspecified atom stereocenters. The summed E-state index contributed by atoms with van der Waals surface area (Å²) in [6, 6.07) is 12.9. The fourth-order valence-electron chi connectivity index (χ4n) is 1.54. The molecule has 2 aromatic carbocycles. The number of rotatable bonds is 4. The number of carbonyl (C=O) groups is 1. The predicted octanol–water partition coefficient (Wildman–Crippen LogP) is 4.26. The molecular formula is C14H12ClIN2OS. The minimum Gasteiger partial charge on any atom is -0.399 e. The third kappa shape index (κ3) is 4.57. The number of amides is 1. The summed E-state index contributed by atoms with van der Waals surface area (Å²) in [6.07, 6.45) is 0. The summed E-state index contributed by atoms with van der Waals surface area (Å²) in [6.45, 7) is 0. The van der Waals surface area contributed by atoms with Crippen LogP contribution in [0.5, 0.6) is 0 Å². The van der Waals surface area contributed by atoms with Gasteiger partial charge in [-0.05, 0) is 59.0 Å². The third-order valence-electron chi connectivity index (χ3n) is 2.42. The third-order valence-corrected chi connectivity index (χ3v) is 4.59. The highest BCUT2D eigenvalue weighted by Crippen LogP contribution is 2.29. The van der Waals surface area contributed by atoms with Crippen LogP contribution in [0.25, 0.3) is 0 Å². The lowest BCUT2D eigenvalue weighted by Gasteiger charge is -2.07. The van der Waals surface area contributed by atoms with E-state index in [0.29, 0.717) is 10.7 Å². The van der Waals surface area contributed by atoms with Crippen molar-refractivity contribution in [2.45, 2.75) is 4.90 Å². The Morgan fingerprint density at radius 1 is 1.30 bits per heavy atom. The topological polar surface area (TPSA) is 55.1 Å². The van der Waals surface area contributed by atoms with Gasteiger partial charge in [0.15, 0.2) is 0 Å². The highest BCUT2D eigenvalue weighted by molar-refractivity contribution is 14.1. The van der Waals surface area contributed by atoms with Crippen molar-refractivity contribution in [1.29, 1.82) is 0 Å². The first-order valence-electron chi connectivity index (χ1n) is 5.78. The molecule has 6 heteroatoms. The molecular weight excluding hydrogens is 407 g/mol. The Morgan fingerprint density at radius 2 is 2.10 bits per heavy atom. The number of hydrogen-bond donors (Lipinski definition) is 2. The van der Waals surface area contributed by atoms with Crippen molar-refractivity contribution in [2.24, 2.45) is 0 Å². The molecule has 0 saturated carbocycles. The van der Waals surface area contributed by atoms with Gasteiger partial charge in [0.2, 0.25) is 5.91 Å². The van der Waals surface area contributed by atoms with Crippen molar-refractivity contribution < 1.29 is 4.79 Å². The molecule has 0 heterocycles. The number of benzene rings is 2. The van der Waals surface area contributed by atoms with Crippen LogP contribution in [-0.4, -0.2) is 11.7 Å². The molecule has 2 rings (SSSR count). The maximum atomic E-state index is 11.9. The minimum absolute atomic E-state index is 0.0736. The van der Waals surface area contributed by atoms with E-state index in [1.807, 2.05) is 24.3 Å². The van der Waals surface area contributed by atoms with Crippen molar-refractivity contribution >= 4 is 63.2 Å². The second-order valence-electron chi connectivity index (χ2n) is 4.04. The SMILES string of the molecule is Nc1ccc(Cl)c(SCC(=O)Nc2cccc(I)c2)c1. The zero-order valence-corrected chi connectivity index (χ0v) is 14.1. The zero-order chi connectivity index (χ0) is 14.5. The Morgan fingerprint density at radius 3 is 2.85 bits per heavy atom. The second kappa shape index (κ2) is 7.19. The van der Waals surface area contributed by atoms with Gasteiger partial charge in [-0.1, -0.05) is 17.7 Å². The summed E-state index contributed by atoms with van der Waals surface area (Å²) in [5, 5.41) is 3.45. The van der Waals surface area contributed by atoms with Gasteiger partial charge in [-0.25, -0.2) is 0 Å². The molecule has 0 fully saturated rings. The number of halogens is 2. The average molecular weight is 419 g/mol. The van der Waals surface area contributed by atoms with Gasteiger partial charge < -0.3 is 11.1 Å².